The van der Waals surface area contributed by atoms with Gasteiger partial charge in [-0.3, -0.25) is 14.5 Å². The first-order valence-electron chi connectivity index (χ1n) is 7.36. The third kappa shape index (κ3) is 3.66. The van der Waals surface area contributed by atoms with Gasteiger partial charge in [-0.1, -0.05) is 13.0 Å². The number of carbonyl (C=O) groups is 2. The average molecular weight is 347 g/mol. The van der Waals surface area contributed by atoms with E-state index in [0.717, 1.165) is 11.0 Å². The molecule has 2 rings (SSSR count). The van der Waals surface area contributed by atoms with Crippen molar-refractivity contribution in [3.05, 3.63) is 29.6 Å². The quantitative estimate of drug-likeness (QED) is 0.811. The minimum atomic E-state index is -4.58. The lowest BCUT2D eigenvalue weighted by Crippen LogP contribution is -2.53. The van der Waals surface area contributed by atoms with Crippen molar-refractivity contribution in [1.29, 1.82) is 0 Å². The van der Waals surface area contributed by atoms with Gasteiger partial charge in [0.1, 0.15) is 18.4 Å². The van der Waals surface area contributed by atoms with Crippen LogP contribution in [0.25, 0.3) is 0 Å². The van der Waals surface area contributed by atoms with Crippen LogP contribution in [-0.4, -0.2) is 36.6 Å². The molecule has 1 heterocycles. The van der Waals surface area contributed by atoms with E-state index in [1.54, 1.807) is 12.2 Å². The molecule has 0 saturated heterocycles. The summed E-state index contributed by atoms with van der Waals surface area (Å²) in [5.41, 5.74) is 5.98. The van der Waals surface area contributed by atoms with Crippen molar-refractivity contribution < 1.29 is 27.2 Å². The number of carbonyl (C=O) groups excluding carboxylic acids is 2. The van der Waals surface area contributed by atoms with Crippen LogP contribution < -0.4 is 16.0 Å². The summed E-state index contributed by atoms with van der Waals surface area (Å²) < 4.78 is 50.8. The SMILES string of the molecule is CC[C@H](N)C(=O)N1c2cccc(F)c2CC1C(=O)NCC(F)(F)F. The molecule has 1 aliphatic heterocycles. The van der Waals surface area contributed by atoms with Crippen molar-refractivity contribution in [2.75, 3.05) is 11.4 Å². The van der Waals surface area contributed by atoms with E-state index in [1.807, 2.05) is 0 Å². The van der Waals surface area contributed by atoms with Gasteiger partial charge in [0.05, 0.1) is 11.7 Å². The maximum atomic E-state index is 13.9. The smallest absolute Gasteiger partial charge is 0.345 e. The number of alkyl halides is 3. The average Bonchev–Trinajstić information content (AvgIpc) is 2.91. The summed E-state index contributed by atoms with van der Waals surface area (Å²) in [5.74, 6) is -2.25. The Hall–Kier alpha value is -2.16. The molecule has 0 bridgehead atoms. The van der Waals surface area contributed by atoms with Gasteiger partial charge in [0, 0.05) is 12.0 Å². The summed E-state index contributed by atoms with van der Waals surface area (Å²) in [5, 5.41) is 1.74. The first kappa shape index (κ1) is 18.2. The Balaban J connectivity index is 2.31. The number of hydrogen-bond acceptors (Lipinski definition) is 3. The predicted molar refractivity (Wildman–Crippen MR) is 78.7 cm³/mol. The van der Waals surface area contributed by atoms with Crippen molar-refractivity contribution in [3.63, 3.8) is 0 Å². The molecule has 1 aromatic carbocycles. The lowest BCUT2D eigenvalue weighted by Gasteiger charge is -2.27. The van der Waals surface area contributed by atoms with E-state index in [-0.39, 0.29) is 24.1 Å². The predicted octanol–water partition coefficient (Wildman–Crippen LogP) is 1.50. The molecule has 2 atom stereocenters. The number of nitrogens with zero attached hydrogens (tertiary/aromatic N) is 1. The fourth-order valence-corrected chi connectivity index (χ4v) is 2.57. The van der Waals surface area contributed by atoms with Crippen molar-refractivity contribution in [1.82, 2.24) is 5.32 Å². The minimum Gasteiger partial charge on any atom is -0.345 e. The van der Waals surface area contributed by atoms with Crippen LogP contribution in [0.5, 0.6) is 0 Å². The second-order valence-corrected chi connectivity index (χ2v) is 5.51. The van der Waals surface area contributed by atoms with Crippen molar-refractivity contribution >= 4 is 17.5 Å². The number of halogens is 4. The molecule has 1 aliphatic rings. The minimum absolute atomic E-state index is 0.112. The number of benzene rings is 1. The fourth-order valence-electron chi connectivity index (χ4n) is 2.57. The molecule has 0 saturated carbocycles. The van der Waals surface area contributed by atoms with Crippen molar-refractivity contribution in [2.45, 2.75) is 38.0 Å². The van der Waals surface area contributed by atoms with E-state index >= 15 is 0 Å². The molecule has 5 nitrogen and oxygen atoms in total. The zero-order valence-electron chi connectivity index (χ0n) is 12.9. The van der Waals surface area contributed by atoms with Gasteiger partial charge in [-0.05, 0) is 18.6 Å². The Kier molecular flexibility index (Phi) is 5.12. The van der Waals surface area contributed by atoms with E-state index < -0.39 is 42.4 Å². The van der Waals surface area contributed by atoms with Crippen LogP contribution in [0.2, 0.25) is 0 Å². The molecule has 9 heteroatoms. The number of nitrogens with one attached hydrogen (secondary N) is 1. The zero-order chi connectivity index (χ0) is 18.1. The van der Waals surface area contributed by atoms with Gasteiger partial charge in [-0.25, -0.2) is 4.39 Å². The maximum absolute atomic E-state index is 13.9. The van der Waals surface area contributed by atoms with Gasteiger partial charge in [-0.15, -0.1) is 0 Å². The monoisotopic (exact) mass is 347 g/mol. The molecule has 0 aromatic heterocycles. The van der Waals surface area contributed by atoms with Gasteiger partial charge in [0.15, 0.2) is 0 Å². The van der Waals surface area contributed by atoms with Crippen LogP contribution in [-0.2, 0) is 16.0 Å². The molecule has 24 heavy (non-hydrogen) atoms. The highest BCUT2D eigenvalue weighted by Gasteiger charge is 2.41. The number of amides is 2. The highest BCUT2D eigenvalue weighted by molar-refractivity contribution is 6.05. The molecule has 1 aromatic rings. The summed E-state index contributed by atoms with van der Waals surface area (Å²) in [6.45, 7) is 0.132. The summed E-state index contributed by atoms with van der Waals surface area (Å²) in [6.07, 6.45) is -4.51. The lowest BCUT2D eigenvalue weighted by atomic mass is 10.1. The van der Waals surface area contributed by atoms with Crippen LogP contribution in [0.15, 0.2) is 18.2 Å². The summed E-state index contributed by atoms with van der Waals surface area (Å²) in [7, 11) is 0. The van der Waals surface area contributed by atoms with E-state index in [4.69, 9.17) is 5.73 Å². The van der Waals surface area contributed by atoms with Crippen LogP contribution in [0.1, 0.15) is 18.9 Å². The fraction of sp³-hybridized carbons (Fsp3) is 0.467. The van der Waals surface area contributed by atoms with Crippen LogP contribution >= 0.6 is 0 Å². The van der Waals surface area contributed by atoms with Crippen LogP contribution in [0.4, 0.5) is 23.2 Å². The Morgan fingerprint density at radius 1 is 1.42 bits per heavy atom. The Labute approximate surface area is 135 Å². The lowest BCUT2D eigenvalue weighted by molar-refractivity contribution is -0.139. The molecular formula is C15H17F4N3O2. The zero-order valence-corrected chi connectivity index (χ0v) is 12.9. The molecule has 3 N–H and O–H groups in total. The highest BCUT2D eigenvalue weighted by atomic mass is 19.4. The Bertz CT molecular complexity index is 648. The first-order valence-corrected chi connectivity index (χ1v) is 7.36. The van der Waals surface area contributed by atoms with Gasteiger partial charge < -0.3 is 11.1 Å². The van der Waals surface area contributed by atoms with E-state index in [9.17, 15) is 27.2 Å². The first-order chi connectivity index (χ1) is 11.2. The molecule has 132 valence electrons. The van der Waals surface area contributed by atoms with Gasteiger partial charge >= 0.3 is 6.18 Å². The summed E-state index contributed by atoms with van der Waals surface area (Å²) in [6, 6.07) is 1.77. The summed E-state index contributed by atoms with van der Waals surface area (Å²) >= 11 is 0. The van der Waals surface area contributed by atoms with Gasteiger partial charge in [-0.2, -0.15) is 13.2 Å². The molecule has 0 radical (unpaired) electrons. The van der Waals surface area contributed by atoms with E-state index in [2.05, 4.69) is 0 Å². The van der Waals surface area contributed by atoms with Gasteiger partial charge in [0.25, 0.3) is 0 Å². The topological polar surface area (TPSA) is 75.4 Å². The molecule has 2 amide bonds. The number of anilines is 1. The Morgan fingerprint density at radius 2 is 2.08 bits per heavy atom. The molecule has 0 aliphatic carbocycles. The standard InChI is InChI=1S/C15H17F4N3O2/c1-2-10(20)14(24)22-11-5-3-4-9(16)8(11)6-12(22)13(23)21-7-15(17,18)19/h3-5,10,12H,2,6-7,20H2,1H3,(H,21,23)/t10-,12?/m0/s1. The molecule has 0 spiro atoms. The summed E-state index contributed by atoms with van der Waals surface area (Å²) in [4.78, 5) is 25.6. The van der Waals surface area contributed by atoms with Gasteiger partial charge in [0.2, 0.25) is 11.8 Å². The third-order valence-corrected chi connectivity index (χ3v) is 3.82. The molecule has 1 unspecified atom stereocenters. The number of nitrogens with two attached hydrogens (primary N) is 1. The third-order valence-electron chi connectivity index (χ3n) is 3.82. The highest BCUT2D eigenvalue weighted by Crippen LogP contribution is 2.34. The second-order valence-electron chi connectivity index (χ2n) is 5.51. The van der Waals surface area contributed by atoms with Crippen LogP contribution in [0, 0.1) is 5.82 Å². The maximum Gasteiger partial charge on any atom is 0.405 e. The molecule has 0 fully saturated rings. The second kappa shape index (κ2) is 6.76. The number of hydrogen-bond donors (Lipinski definition) is 2. The van der Waals surface area contributed by atoms with E-state index in [1.165, 1.54) is 12.1 Å². The van der Waals surface area contributed by atoms with Crippen molar-refractivity contribution in [2.24, 2.45) is 5.73 Å². The normalized spacial score (nSPS) is 18.2. The largest absolute Gasteiger partial charge is 0.405 e. The number of rotatable bonds is 4. The van der Waals surface area contributed by atoms with Crippen LogP contribution in [0.3, 0.4) is 0 Å². The van der Waals surface area contributed by atoms with E-state index in [0.29, 0.717) is 0 Å². The number of fused-ring (bicyclic) bond motifs is 1. The Morgan fingerprint density at radius 3 is 2.67 bits per heavy atom. The van der Waals surface area contributed by atoms with Crippen molar-refractivity contribution in [3.8, 4) is 0 Å². The molecular weight excluding hydrogens is 330 g/mol.